The van der Waals surface area contributed by atoms with Gasteiger partial charge in [0.05, 0.1) is 16.0 Å². The average Bonchev–Trinajstić information content (AvgIpc) is 2.89. The van der Waals surface area contributed by atoms with E-state index in [0.29, 0.717) is 17.6 Å². The summed E-state index contributed by atoms with van der Waals surface area (Å²) in [6.45, 7) is 0.336. The minimum atomic E-state index is -0.498. The summed E-state index contributed by atoms with van der Waals surface area (Å²) in [6.07, 6.45) is 0. The van der Waals surface area contributed by atoms with Crippen molar-refractivity contribution in [2.75, 3.05) is 5.73 Å². The van der Waals surface area contributed by atoms with Gasteiger partial charge in [-0.2, -0.15) is 0 Å². The number of amides is 1. The fraction of sp³-hybridized carbons (Fsp3) is 0.125. The van der Waals surface area contributed by atoms with Crippen LogP contribution in [-0.2, 0) is 17.9 Å². The van der Waals surface area contributed by atoms with Crippen LogP contribution in [0.4, 0.5) is 11.6 Å². The van der Waals surface area contributed by atoms with Gasteiger partial charge >= 0.3 is 0 Å². The van der Waals surface area contributed by atoms with Crippen LogP contribution in [0.1, 0.15) is 5.56 Å². The molecule has 0 atom stereocenters. The Morgan fingerprint density at radius 1 is 1.25 bits per heavy atom. The summed E-state index contributed by atoms with van der Waals surface area (Å²) < 4.78 is 1.46. The first-order valence-corrected chi connectivity index (χ1v) is 7.25. The minimum Gasteiger partial charge on any atom is -0.369 e. The van der Waals surface area contributed by atoms with E-state index in [1.54, 1.807) is 0 Å². The molecule has 3 N–H and O–H groups in total. The van der Waals surface area contributed by atoms with Crippen molar-refractivity contribution in [1.29, 1.82) is 0 Å². The summed E-state index contributed by atoms with van der Waals surface area (Å²) in [5.41, 5.74) is 7.70. The highest BCUT2D eigenvalue weighted by molar-refractivity contribution is 5.84. The number of imidazole rings is 1. The second-order valence-corrected chi connectivity index (χ2v) is 5.25. The number of nitro groups is 1. The van der Waals surface area contributed by atoms with Crippen LogP contribution in [0.2, 0.25) is 0 Å². The molecule has 0 radical (unpaired) electrons. The molecule has 0 aliphatic rings. The quantitative estimate of drug-likeness (QED) is 0.548. The van der Waals surface area contributed by atoms with Gasteiger partial charge in [-0.25, -0.2) is 4.98 Å². The summed E-state index contributed by atoms with van der Waals surface area (Å²) in [5.74, 6) is -0.114. The summed E-state index contributed by atoms with van der Waals surface area (Å²) in [4.78, 5) is 26.7. The molecule has 0 fully saturated rings. The van der Waals surface area contributed by atoms with E-state index in [1.165, 1.54) is 22.8 Å². The number of carbonyl (C=O) groups is 1. The molecule has 3 aromatic rings. The van der Waals surface area contributed by atoms with Crippen LogP contribution in [0.25, 0.3) is 11.0 Å². The molecule has 8 heteroatoms. The van der Waals surface area contributed by atoms with Crippen LogP contribution in [0, 0.1) is 10.1 Å². The van der Waals surface area contributed by atoms with Crippen molar-refractivity contribution < 1.29 is 9.72 Å². The van der Waals surface area contributed by atoms with E-state index in [-0.39, 0.29) is 24.1 Å². The van der Waals surface area contributed by atoms with Crippen LogP contribution in [0.5, 0.6) is 0 Å². The molecule has 0 unspecified atom stereocenters. The fourth-order valence-electron chi connectivity index (χ4n) is 2.41. The van der Waals surface area contributed by atoms with Crippen LogP contribution in [0.3, 0.4) is 0 Å². The van der Waals surface area contributed by atoms with Crippen molar-refractivity contribution in [3.8, 4) is 0 Å². The molecule has 122 valence electrons. The zero-order valence-electron chi connectivity index (χ0n) is 12.7. The number of non-ortho nitro benzene ring substituents is 1. The Labute approximate surface area is 137 Å². The van der Waals surface area contributed by atoms with E-state index in [4.69, 9.17) is 5.73 Å². The Balaban J connectivity index is 1.78. The van der Waals surface area contributed by atoms with Gasteiger partial charge in [-0.1, -0.05) is 30.3 Å². The monoisotopic (exact) mass is 325 g/mol. The number of aromatic nitrogens is 2. The molecule has 0 saturated heterocycles. The number of nitrogens with one attached hydrogen (secondary N) is 1. The number of benzene rings is 2. The van der Waals surface area contributed by atoms with Gasteiger partial charge in [0, 0.05) is 18.7 Å². The second-order valence-electron chi connectivity index (χ2n) is 5.25. The van der Waals surface area contributed by atoms with Gasteiger partial charge in [0.25, 0.3) is 5.69 Å². The number of nitrogens with zero attached hydrogens (tertiary/aromatic N) is 3. The number of nitrogens with two attached hydrogens (primary N) is 1. The predicted molar refractivity (Wildman–Crippen MR) is 89.1 cm³/mol. The molecule has 0 saturated carbocycles. The number of carbonyl (C=O) groups excluding carboxylic acids is 1. The lowest BCUT2D eigenvalue weighted by atomic mass is 10.2. The first kappa shape index (κ1) is 15.5. The third kappa shape index (κ3) is 3.17. The standard InChI is InChI=1S/C16H15N5O3/c17-16-19-13-7-6-12(21(23)24)8-14(13)20(16)10-15(22)18-9-11-4-2-1-3-5-11/h1-8H,9-10H2,(H2,17,19)(H,18,22). The maximum Gasteiger partial charge on any atom is 0.271 e. The van der Waals surface area contributed by atoms with Crippen molar-refractivity contribution in [2.45, 2.75) is 13.1 Å². The maximum absolute atomic E-state index is 12.1. The van der Waals surface area contributed by atoms with Gasteiger partial charge in [0.15, 0.2) is 0 Å². The number of anilines is 1. The van der Waals surface area contributed by atoms with Gasteiger partial charge in [-0.3, -0.25) is 14.9 Å². The molecule has 1 aromatic heterocycles. The normalized spacial score (nSPS) is 10.7. The number of hydrogen-bond donors (Lipinski definition) is 2. The van der Waals surface area contributed by atoms with E-state index in [0.717, 1.165) is 5.56 Å². The van der Waals surface area contributed by atoms with Gasteiger partial charge in [0.1, 0.15) is 6.54 Å². The van der Waals surface area contributed by atoms with Crippen LogP contribution in [0.15, 0.2) is 48.5 Å². The number of nitrogen functional groups attached to an aromatic ring is 1. The Morgan fingerprint density at radius 3 is 2.71 bits per heavy atom. The molecule has 0 bridgehead atoms. The van der Waals surface area contributed by atoms with Crippen LogP contribution in [-0.4, -0.2) is 20.4 Å². The SMILES string of the molecule is Nc1nc2ccc([N+](=O)[O-])cc2n1CC(=O)NCc1ccccc1. The Kier molecular flexibility index (Phi) is 4.11. The molecular weight excluding hydrogens is 310 g/mol. The summed E-state index contributed by atoms with van der Waals surface area (Å²) in [5, 5.41) is 13.7. The third-order valence-corrected chi connectivity index (χ3v) is 3.61. The lowest BCUT2D eigenvalue weighted by molar-refractivity contribution is -0.384. The summed E-state index contributed by atoms with van der Waals surface area (Å²) in [7, 11) is 0. The number of rotatable bonds is 5. The average molecular weight is 325 g/mol. The molecule has 0 aliphatic heterocycles. The molecule has 1 heterocycles. The Bertz CT molecular complexity index is 905. The zero-order chi connectivity index (χ0) is 17.1. The second kappa shape index (κ2) is 6.37. The fourth-order valence-corrected chi connectivity index (χ4v) is 2.41. The zero-order valence-corrected chi connectivity index (χ0v) is 12.7. The number of fused-ring (bicyclic) bond motifs is 1. The van der Waals surface area contributed by atoms with Crippen LogP contribution < -0.4 is 11.1 Å². The van der Waals surface area contributed by atoms with E-state index < -0.39 is 4.92 Å². The first-order chi connectivity index (χ1) is 11.5. The molecule has 0 aliphatic carbocycles. The van der Waals surface area contributed by atoms with E-state index in [2.05, 4.69) is 10.3 Å². The van der Waals surface area contributed by atoms with Crippen molar-refractivity contribution in [1.82, 2.24) is 14.9 Å². The Hall–Kier alpha value is -3.42. The van der Waals surface area contributed by atoms with Crippen molar-refractivity contribution in [2.24, 2.45) is 0 Å². The molecule has 0 spiro atoms. The molecule has 2 aromatic carbocycles. The smallest absolute Gasteiger partial charge is 0.271 e. The van der Waals surface area contributed by atoms with Crippen molar-refractivity contribution >= 4 is 28.6 Å². The number of nitro benzene ring substituents is 1. The predicted octanol–water partition coefficient (Wildman–Crippen LogP) is 1.84. The van der Waals surface area contributed by atoms with E-state index >= 15 is 0 Å². The van der Waals surface area contributed by atoms with Gasteiger partial charge in [0.2, 0.25) is 11.9 Å². The minimum absolute atomic E-state index is 0.0592. The highest BCUT2D eigenvalue weighted by atomic mass is 16.6. The van der Waals surface area contributed by atoms with E-state index in [1.807, 2.05) is 30.3 Å². The number of hydrogen-bond acceptors (Lipinski definition) is 5. The van der Waals surface area contributed by atoms with Gasteiger partial charge in [-0.05, 0) is 11.6 Å². The topological polar surface area (TPSA) is 116 Å². The third-order valence-electron chi connectivity index (χ3n) is 3.61. The molecule has 1 amide bonds. The van der Waals surface area contributed by atoms with Crippen LogP contribution >= 0.6 is 0 Å². The molecular formula is C16H15N5O3. The molecule has 3 rings (SSSR count). The van der Waals surface area contributed by atoms with Gasteiger partial charge in [-0.15, -0.1) is 0 Å². The van der Waals surface area contributed by atoms with Crippen molar-refractivity contribution in [3.63, 3.8) is 0 Å². The molecule has 24 heavy (non-hydrogen) atoms. The maximum atomic E-state index is 12.1. The van der Waals surface area contributed by atoms with E-state index in [9.17, 15) is 14.9 Å². The molecule has 8 nitrogen and oxygen atoms in total. The largest absolute Gasteiger partial charge is 0.369 e. The van der Waals surface area contributed by atoms with Gasteiger partial charge < -0.3 is 15.6 Å². The summed E-state index contributed by atoms with van der Waals surface area (Å²) >= 11 is 0. The lowest BCUT2D eigenvalue weighted by Crippen LogP contribution is -2.27. The first-order valence-electron chi connectivity index (χ1n) is 7.25. The van der Waals surface area contributed by atoms with Crippen molar-refractivity contribution in [3.05, 3.63) is 64.2 Å². The lowest BCUT2D eigenvalue weighted by Gasteiger charge is -2.08. The summed E-state index contributed by atoms with van der Waals surface area (Å²) in [6, 6.07) is 13.7. The highest BCUT2D eigenvalue weighted by Crippen LogP contribution is 2.23. The highest BCUT2D eigenvalue weighted by Gasteiger charge is 2.15. The Morgan fingerprint density at radius 2 is 2.00 bits per heavy atom.